The van der Waals surface area contributed by atoms with Crippen LogP contribution in [-0.2, 0) is 9.84 Å². The molecule has 0 amide bonds. The maximum Gasteiger partial charge on any atom is 0.186 e. The number of hydrogen-bond donors (Lipinski definition) is 0. The van der Waals surface area contributed by atoms with Gasteiger partial charge in [-0.25, -0.2) is 8.42 Å². The second-order valence-electron chi connectivity index (χ2n) is 4.31. The van der Waals surface area contributed by atoms with Crippen LogP contribution in [0.3, 0.4) is 0 Å². The molecule has 0 fully saturated rings. The fourth-order valence-corrected chi connectivity index (χ4v) is 4.74. The average Bonchev–Trinajstić information content (AvgIpc) is 2.36. The molecule has 92 valence electrons. The number of halogens is 1. The lowest BCUT2D eigenvalue weighted by Gasteiger charge is -2.29. The van der Waals surface area contributed by atoms with Crippen LogP contribution in [0.5, 0.6) is 0 Å². The molecular formula is C13H9BrO3S. The normalized spacial score (nSPS) is 28.3. The third kappa shape index (κ3) is 1.54. The Morgan fingerprint density at radius 1 is 1.17 bits per heavy atom. The molecule has 1 heterocycles. The minimum atomic E-state index is -3.47. The van der Waals surface area contributed by atoms with Gasteiger partial charge in [0.1, 0.15) is 0 Å². The van der Waals surface area contributed by atoms with Gasteiger partial charge >= 0.3 is 0 Å². The highest BCUT2D eigenvalue weighted by Gasteiger charge is 2.44. The quantitative estimate of drug-likeness (QED) is 0.736. The number of carbonyl (C=O) groups is 1. The van der Waals surface area contributed by atoms with Crippen LogP contribution in [0.1, 0.15) is 10.4 Å². The lowest BCUT2D eigenvalue weighted by molar-refractivity contribution is 0.0939. The van der Waals surface area contributed by atoms with Gasteiger partial charge in [0.25, 0.3) is 0 Å². The molecule has 0 bridgehead atoms. The van der Waals surface area contributed by atoms with Crippen molar-refractivity contribution in [3.8, 4) is 0 Å². The molecule has 1 aliphatic carbocycles. The number of Topliss-reactive ketones (excluding diaryl/α,β-unsaturated/α-hetero) is 1. The zero-order chi connectivity index (χ0) is 12.9. The van der Waals surface area contributed by atoms with Crippen molar-refractivity contribution in [3.05, 3.63) is 52.5 Å². The van der Waals surface area contributed by atoms with E-state index in [9.17, 15) is 13.2 Å². The first-order valence-corrected chi connectivity index (χ1v) is 7.78. The largest absolute Gasteiger partial charge is 0.293 e. The van der Waals surface area contributed by atoms with E-state index in [0.717, 1.165) is 4.48 Å². The van der Waals surface area contributed by atoms with Gasteiger partial charge in [-0.2, -0.15) is 0 Å². The molecule has 2 aliphatic rings. The SMILES string of the molecule is O=C1c2ccccc2S(=O)(=O)C2C=CC(Br)=CC12. The number of hydrogen-bond acceptors (Lipinski definition) is 3. The zero-order valence-electron chi connectivity index (χ0n) is 9.21. The van der Waals surface area contributed by atoms with Gasteiger partial charge in [-0.1, -0.05) is 52.4 Å². The zero-order valence-corrected chi connectivity index (χ0v) is 11.6. The van der Waals surface area contributed by atoms with Crippen molar-refractivity contribution < 1.29 is 13.2 Å². The van der Waals surface area contributed by atoms with Crippen molar-refractivity contribution in [2.24, 2.45) is 5.92 Å². The van der Waals surface area contributed by atoms with Gasteiger partial charge in [-0.15, -0.1) is 0 Å². The molecule has 1 aliphatic heterocycles. The molecule has 1 aromatic carbocycles. The number of ketones is 1. The van der Waals surface area contributed by atoms with Crippen LogP contribution < -0.4 is 0 Å². The minimum absolute atomic E-state index is 0.133. The summed E-state index contributed by atoms with van der Waals surface area (Å²) in [4.78, 5) is 12.5. The van der Waals surface area contributed by atoms with Gasteiger partial charge in [0.2, 0.25) is 0 Å². The fourth-order valence-electron chi connectivity index (χ4n) is 2.39. The Kier molecular flexibility index (Phi) is 2.57. The topological polar surface area (TPSA) is 51.2 Å². The van der Waals surface area contributed by atoms with Crippen LogP contribution in [0, 0.1) is 5.92 Å². The number of rotatable bonds is 0. The number of benzene rings is 1. The van der Waals surface area contributed by atoms with Crippen LogP contribution in [0.4, 0.5) is 0 Å². The minimum Gasteiger partial charge on any atom is -0.293 e. The summed E-state index contributed by atoms with van der Waals surface area (Å²) in [5.41, 5.74) is 0.297. The molecule has 2 unspecified atom stereocenters. The van der Waals surface area contributed by atoms with E-state index in [0.29, 0.717) is 5.56 Å². The summed E-state index contributed by atoms with van der Waals surface area (Å²) in [5, 5.41) is -0.777. The van der Waals surface area contributed by atoms with E-state index in [1.165, 1.54) is 6.07 Å². The van der Waals surface area contributed by atoms with Crippen molar-refractivity contribution in [1.82, 2.24) is 0 Å². The number of carbonyl (C=O) groups excluding carboxylic acids is 1. The first-order valence-electron chi connectivity index (χ1n) is 5.44. The molecule has 5 heteroatoms. The van der Waals surface area contributed by atoms with Gasteiger partial charge in [0, 0.05) is 10.0 Å². The Hall–Kier alpha value is -1.20. The fraction of sp³-hybridized carbons (Fsp3) is 0.154. The second-order valence-corrected chi connectivity index (χ2v) is 7.30. The van der Waals surface area contributed by atoms with Crippen molar-refractivity contribution >= 4 is 31.6 Å². The monoisotopic (exact) mass is 324 g/mol. The third-order valence-corrected chi connectivity index (χ3v) is 5.92. The van der Waals surface area contributed by atoms with Crippen LogP contribution in [0.15, 0.2) is 51.9 Å². The third-order valence-electron chi connectivity index (χ3n) is 3.26. The van der Waals surface area contributed by atoms with Gasteiger partial charge in [0.05, 0.1) is 16.1 Å². The summed E-state index contributed by atoms with van der Waals surface area (Å²) in [6.07, 6.45) is 4.93. The average molecular weight is 325 g/mol. The summed E-state index contributed by atoms with van der Waals surface area (Å²) in [6.45, 7) is 0. The molecule has 0 aromatic heterocycles. The summed E-state index contributed by atoms with van der Waals surface area (Å²) in [6, 6.07) is 6.40. The maximum atomic E-state index is 12.4. The number of sulfone groups is 1. The molecule has 0 saturated carbocycles. The maximum absolute atomic E-state index is 12.4. The molecule has 0 radical (unpaired) electrons. The lowest BCUT2D eigenvalue weighted by atomic mass is 9.90. The summed E-state index contributed by atoms with van der Waals surface area (Å²) >= 11 is 3.28. The molecule has 0 N–H and O–H groups in total. The van der Waals surface area contributed by atoms with E-state index in [2.05, 4.69) is 15.9 Å². The molecule has 1 aromatic rings. The van der Waals surface area contributed by atoms with E-state index >= 15 is 0 Å². The molecule has 18 heavy (non-hydrogen) atoms. The molecule has 3 nitrogen and oxygen atoms in total. The van der Waals surface area contributed by atoms with Gasteiger partial charge < -0.3 is 0 Å². The number of allylic oxidation sites excluding steroid dienone is 3. The van der Waals surface area contributed by atoms with Gasteiger partial charge in [0.15, 0.2) is 15.6 Å². The van der Waals surface area contributed by atoms with Crippen LogP contribution in [-0.4, -0.2) is 19.5 Å². The highest BCUT2D eigenvalue weighted by atomic mass is 79.9. The van der Waals surface area contributed by atoms with Crippen molar-refractivity contribution in [2.45, 2.75) is 10.1 Å². The Morgan fingerprint density at radius 2 is 1.89 bits per heavy atom. The van der Waals surface area contributed by atoms with Gasteiger partial charge in [-0.3, -0.25) is 4.79 Å². The van der Waals surface area contributed by atoms with Crippen molar-refractivity contribution in [1.29, 1.82) is 0 Å². The van der Waals surface area contributed by atoms with Crippen LogP contribution in [0.2, 0.25) is 0 Å². The van der Waals surface area contributed by atoms with E-state index < -0.39 is 21.0 Å². The van der Waals surface area contributed by atoms with E-state index in [1.54, 1.807) is 36.4 Å². The molecule has 3 rings (SSSR count). The smallest absolute Gasteiger partial charge is 0.186 e. The van der Waals surface area contributed by atoms with E-state index in [1.807, 2.05) is 0 Å². The van der Waals surface area contributed by atoms with Crippen molar-refractivity contribution in [2.75, 3.05) is 0 Å². The summed E-state index contributed by atoms with van der Waals surface area (Å²) < 4.78 is 25.6. The van der Waals surface area contributed by atoms with Gasteiger partial charge in [-0.05, 0) is 6.07 Å². The van der Waals surface area contributed by atoms with E-state index in [-0.39, 0.29) is 10.7 Å². The second kappa shape index (κ2) is 3.90. The molecule has 2 atom stereocenters. The predicted molar refractivity (Wildman–Crippen MR) is 71.4 cm³/mol. The van der Waals surface area contributed by atoms with Crippen LogP contribution in [0.25, 0.3) is 0 Å². The first kappa shape index (κ1) is 11.9. The Balaban J connectivity index is 2.30. The Bertz CT molecular complexity index is 701. The highest BCUT2D eigenvalue weighted by molar-refractivity contribution is 9.11. The molecule has 0 spiro atoms. The first-order chi connectivity index (χ1) is 8.51. The lowest BCUT2D eigenvalue weighted by Crippen LogP contribution is -2.39. The highest BCUT2D eigenvalue weighted by Crippen LogP contribution is 2.38. The van der Waals surface area contributed by atoms with Crippen molar-refractivity contribution in [3.63, 3.8) is 0 Å². The summed E-state index contributed by atoms with van der Waals surface area (Å²) in [7, 11) is -3.47. The Labute approximate surface area is 113 Å². The van der Waals surface area contributed by atoms with Crippen LogP contribution >= 0.6 is 15.9 Å². The number of fused-ring (bicyclic) bond motifs is 2. The Morgan fingerprint density at radius 3 is 2.67 bits per heavy atom. The summed E-state index contributed by atoms with van der Waals surface area (Å²) in [5.74, 6) is -0.754. The predicted octanol–water partition coefficient (Wildman–Crippen LogP) is 2.49. The molecule has 0 saturated heterocycles. The molecular weight excluding hydrogens is 316 g/mol. The van der Waals surface area contributed by atoms with E-state index in [4.69, 9.17) is 0 Å². The standard InChI is InChI=1S/C13H9BrO3S/c14-8-5-6-12-10(7-8)13(15)9-3-1-2-4-11(9)18(12,16)17/h1-7,10,12H.